The first-order valence-electron chi connectivity index (χ1n) is 6.04. The summed E-state index contributed by atoms with van der Waals surface area (Å²) in [6.45, 7) is 1.79. The first-order valence-corrected chi connectivity index (χ1v) is 6.04. The Morgan fingerprint density at radius 3 is 2.75 bits per heavy atom. The molecule has 0 aliphatic heterocycles. The lowest BCUT2D eigenvalue weighted by Crippen LogP contribution is -2.31. The molecule has 0 fully saturated rings. The molecule has 0 aliphatic rings. The van der Waals surface area contributed by atoms with Gasteiger partial charge in [-0.3, -0.25) is 4.79 Å². The normalized spacial score (nSPS) is 13.1. The molecule has 4 nitrogen and oxygen atoms in total. The highest BCUT2D eigenvalue weighted by molar-refractivity contribution is 5.77. The first kappa shape index (κ1) is 16.5. The Morgan fingerprint density at radius 1 is 1.45 bits per heavy atom. The topological polar surface area (TPSA) is 58.6 Å². The molecular formula is C13H16F3NO3. The largest absolute Gasteiger partial charge is 0.416 e. The monoisotopic (exact) mass is 291 g/mol. The molecule has 0 unspecified atom stereocenters. The SMILES string of the molecule is CCOCC(=O)NC[C@@H](O)c1cccc(C(F)(F)F)c1. The Morgan fingerprint density at radius 2 is 2.15 bits per heavy atom. The molecule has 0 saturated heterocycles. The van der Waals surface area contributed by atoms with Crippen molar-refractivity contribution in [1.29, 1.82) is 0 Å². The number of benzene rings is 1. The molecule has 0 heterocycles. The highest BCUT2D eigenvalue weighted by Gasteiger charge is 2.30. The van der Waals surface area contributed by atoms with Crippen molar-refractivity contribution in [2.45, 2.75) is 19.2 Å². The number of alkyl halides is 3. The van der Waals surface area contributed by atoms with Crippen LogP contribution in [-0.2, 0) is 15.7 Å². The zero-order chi connectivity index (χ0) is 15.2. The van der Waals surface area contributed by atoms with Crippen LogP contribution in [0.25, 0.3) is 0 Å². The third-order valence-corrected chi connectivity index (χ3v) is 2.53. The minimum absolute atomic E-state index is 0.0940. The summed E-state index contributed by atoms with van der Waals surface area (Å²) < 4.78 is 42.4. The van der Waals surface area contributed by atoms with E-state index in [2.05, 4.69) is 5.32 Å². The fourth-order valence-corrected chi connectivity index (χ4v) is 1.50. The predicted molar refractivity (Wildman–Crippen MR) is 65.9 cm³/mol. The summed E-state index contributed by atoms with van der Waals surface area (Å²) in [5, 5.41) is 12.1. The second-order valence-electron chi connectivity index (χ2n) is 4.08. The highest BCUT2D eigenvalue weighted by Crippen LogP contribution is 2.30. The van der Waals surface area contributed by atoms with Gasteiger partial charge in [-0.1, -0.05) is 12.1 Å². The van der Waals surface area contributed by atoms with Crippen molar-refractivity contribution in [2.24, 2.45) is 0 Å². The van der Waals surface area contributed by atoms with Gasteiger partial charge in [-0.25, -0.2) is 0 Å². The van der Waals surface area contributed by atoms with E-state index < -0.39 is 23.8 Å². The number of rotatable bonds is 6. The molecule has 1 aromatic rings. The van der Waals surface area contributed by atoms with Crippen molar-refractivity contribution in [3.63, 3.8) is 0 Å². The van der Waals surface area contributed by atoms with E-state index in [-0.39, 0.29) is 18.7 Å². The summed E-state index contributed by atoms with van der Waals surface area (Å²) in [5.74, 6) is -0.433. The van der Waals surface area contributed by atoms with Crippen LogP contribution >= 0.6 is 0 Å². The zero-order valence-electron chi connectivity index (χ0n) is 10.9. The maximum absolute atomic E-state index is 12.5. The Balaban J connectivity index is 2.59. The molecule has 20 heavy (non-hydrogen) atoms. The lowest BCUT2D eigenvalue weighted by molar-refractivity contribution is -0.137. The first-order chi connectivity index (χ1) is 9.34. The summed E-state index contributed by atoms with van der Waals surface area (Å²) in [4.78, 5) is 11.2. The van der Waals surface area contributed by atoms with Gasteiger partial charge in [0, 0.05) is 13.2 Å². The maximum atomic E-state index is 12.5. The molecule has 1 aromatic carbocycles. The summed E-state index contributed by atoms with van der Waals surface area (Å²) in [6, 6.07) is 4.36. The molecule has 0 aliphatic carbocycles. The number of ether oxygens (including phenoxy) is 1. The molecule has 1 rings (SSSR count). The number of carbonyl (C=O) groups excluding carboxylic acids is 1. The van der Waals surface area contributed by atoms with Crippen LogP contribution in [0.15, 0.2) is 24.3 Å². The number of nitrogens with one attached hydrogen (secondary N) is 1. The van der Waals surface area contributed by atoms with E-state index in [1.807, 2.05) is 0 Å². The molecule has 2 N–H and O–H groups in total. The summed E-state index contributed by atoms with van der Waals surface area (Å²) in [5.41, 5.74) is -0.744. The van der Waals surface area contributed by atoms with E-state index in [4.69, 9.17) is 4.74 Å². The van der Waals surface area contributed by atoms with E-state index in [1.165, 1.54) is 12.1 Å². The number of hydrogen-bond donors (Lipinski definition) is 2. The van der Waals surface area contributed by atoms with Crippen LogP contribution in [0.2, 0.25) is 0 Å². The third-order valence-electron chi connectivity index (χ3n) is 2.53. The second kappa shape index (κ2) is 7.25. The van der Waals surface area contributed by atoms with Crippen LogP contribution in [0.1, 0.15) is 24.2 Å². The molecule has 0 radical (unpaired) electrons. The number of carbonyl (C=O) groups is 1. The molecule has 0 aromatic heterocycles. The summed E-state index contributed by atoms with van der Waals surface area (Å²) in [6.07, 6.45) is -5.67. The Bertz CT molecular complexity index is 449. The van der Waals surface area contributed by atoms with Gasteiger partial charge in [0.25, 0.3) is 0 Å². The van der Waals surface area contributed by atoms with Gasteiger partial charge in [0.05, 0.1) is 11.7 Å². The van der Waals surface area contributed by atoms with Gasteiger partial charge in [0.1, 0.15) is 6.61 Å². The summed E-state index contributed by atoms with van der Waals surface area (Å²) in [7, 11) is 0. The third kappa shape index (κ3) is 5.18. The van der Waals surface area contributed by atoms with Gasteiger partial charge >= 0.3 is 6.18 Å². The lowest BCUT2D eigenvalue weighted by atomic mass is 10.1. The van der Waals surface area contributed by atoms with Gasteiger partial charge in [-0.2, -0.15) is 13.2 Å². The van der Waals surface area contributed by atoms with Crippen molar-refractivity contribution in [2.75, 3.05) is 19.8 Å². The van der Waals surface area contributed by atoms with E-state index in [9.17, 15) is 23.1 Å². The molecule has 112 valence electrons. The Hall–Kier alpha value is -1.60. The minimum Gasteiger partial charge on any atom is -0.387 e. The second-order valence-corrected chi connectivity index (χ2v) is 4.08. The van der Waals surface area contributed by atoms with Crippen LogP contribution in [0, 0.1) is 0 Å². The average molecular weight is 291 g/mol. The number of aliphatic hydroxyl groups is 1. The number of aliphatic hydroxyl groups excluding tert-OH is 1. The van der Waals surface area contributed by atoms with E-state index in [0.29, 0.717) is 6.61 Å². The zero-order valence-corrected chi connectivity index (χ0v) is 10.9. The van der Waals surface area contributed by atoms with Crippen LogP contribution < -0.4 is 5.32 Å². The average Bonchev–Trinajstić information content (AvgIpc) is 2.41. The van der Waals surface area contributed by atoms with Crippen LogP contribution in [-0.4, -0.2) is 30.8 Å². The van der Waals surface area contributed by atoms with E-state index in [0.717, 1.165) is 12.1 Å². The summed E-state index contributed by atoms with van der Waals surface area (Å²) >= 11 is 0. The molecule has 0 spiro atoms. The van der Waals surface area contributed by atoms with Crippen LogP contribution in [0.3, 0.4) is 0 Å². The van der Waals surface area contributed by atoms with Crippen molar-refractivity contribution < 1.29 is 27.8 Å². The molecule has 1 amide bonds. The number of halogens is 3. The van der Waals surface area contributed by atoms with Gasteiger partial charge in [-0.05, 0) is 24.6 Å². The molecule has 1 atom stereocenters. The Labute approximate surface area is 114 Å². The highest BCUT2D eigenvalue weighted by atomic mass is 19.4. The smallest absolute Gasteiger partial charge is 0.387 e. The molecule has 7 heteroatoms. The number of amides is 1. The van der Waals surface area contributed by atoms with Gasteiger partial charge in [0.2, 0.25) is 5.91 Å². The van der Waals surface area contributed by atoms with E-state index >= 15 is 0 Å². The lowest BCUT2D eigenvalue weighted by Gasteiger charge is -2.14. The molecule has 0 bridgehead atoms. The quantitative estimate of drug-likeness (QED) is 0.841. The number of hydrogen-bond acceptors (Lipinski definition) is 3. The maximum Gasteiger partial charge on any atom is 0.416 e. The standard InChI is InChI=1S/C13H16F3NO3/c1-2-20-8-12(19)17-7-11(18)9-4-3-5-10(6-9)13(14,15)16/h3-6,11,18H,2,7-8H2,1H3,(H,17,19)/t11-/m1/s1. The van der Waals surface area contributed by atoms with E-state index in [1.54, 1.807) is 6.92 Å². The van der Waals surface area contributed by atoms with Crippen molar-refractivity contribution >= 4 is 5.91 Å². The van der Waals surface area contributed by atoms with Gasteiger partial charge < -0.3 is 15.2 Å². The Kier molecular flexibility index (Phi) is 5.97. The van der Waals surface area contributed by atoms with Crippen molar-refractivity contribution in [3.05, 3.63) is 35.4 Å². The van der Waals surface area contributed by atoms with Crippen LogP contribution in [0.5, 0.6) is 0 Å². The van der Waals surface area contributed by atoms with Crippen LogP contribution in [0.4, 0.5) is 13.2 Å². The van der Waals surface area contributed by atoms with Crippen molar-refractivity contribution in [3.8, 4) is 0 Å². The van der Waals surface area contributed by atoms with Crippen molar-refractivity contribution in [1.82, 2.24) is 5.32 Å². The predicted octanol–water partition coefficient (Wildman–Crippen LogP) is 1.89. The fraction of sp³-hybridized carbons (Fsp3) is 0.462. The molecule has 0 saturated carbocycles. The fourth-order valence-electron chi connectivity index (χ4n) is 1.50. The van der Waals surface area contributed by atoms with Gasteiger partial charge in [-0.15, -0.1) is 0 Å². The van der Waals surface area contributed by atoms with Gasteiger partial charge in [0.15, 0.2) is 0 Å². The molecular weight excluding hydrogens is 275 g/mol. The minimum atomic E-state index is -4.46.